The van der Waals surface area contributed by atoms with E-state index in [1.165, 1.54) is 42.5 Å². The van der Waals surface area contributed by atoms with Crippen molar-refractivity contribution in [1.29, 1.82) is 0 Å². The summed E-state index contributed by atoms with van der Waals surface area (Å²) in [7, 11) is 0. The van der Waals surface area contributed by atoms with Crippen LogP contribution in [0.1, 0.15) is 0 Å². The van der Waals surface area contributed by atoms with Crippen molar-refractivity contribution in [2.45, 2.75) is 0 Å². The highest BCUT2D eigenvalue weighted by Gasteiger charge is 2.23. The molecule has 2 aromatic carbocycles. The van der Waals surface area contributed by atoms with E-state index in [1.54, 1.807) is 0 Å². The summed E-state index contributed by atoms with van der Waals surface area (Å²) in [5.41, 5.74) is 9.40. The number of rotatable bonds is 10. The van der Waals surface area contributed by atoms with Crippen molar-refractivity contribution in [2.75, 3.05) is 22.9 Å². The van der Waals surface area contributed by atoms with E-state index >= 15 is 0 Å². The summed E-state index contributed by atoms with van der Waals surface area (Å²) < 4.78 is 5.28. The SMILES string of the molecule is O=C(COc1ccc(Cl)cc1Cl)NNc1ncnc(NNc2ccc([N+](=O)[O-])cc2)c1[N+](=O)[O-]. The number of nitro benzene ring substituents is 1. The van der Waals surface area contributed by atoms with Gasteiger partial charge in [0.15, 0.2) is 6.61 Å². The molecule has 0 atom stereocenters. The molecule has 0 aliphatic carbocycles. The number of benzene rings is 2. The van der Waals surface area contributed by atoms with Gasteiger partial charge in [0.1, 0.15) is 12.1 Å². The molecule has 0 fully saturated rings. The summed E-state index contributed by atoms with van der Waals surface area (Å²) in [6, 6.07) is 9.74. The maximum atomic E-state index is 12.1. The van der Waals surface area contributed by atoms with Gasteiger partial charge in [-0.05, 0) is 30.3 Å². The number of hydrogen-bond donors (Lipinski definition) is 4. The molecule has 0 saturated heterocycles. The largest absolute Gasteiger partial charge is 0.482 e. The summed E-state index contributed by atoms with van der Waals surface area (Å²) in [6.07, 6.45) is 1.02. The Morgan fingerprint density at radius 1 is 0.941 bits per heavy atom. The van der Waals surface area contributed by atoms with Crippen molar-refractivity contribution in [2.24, 2.45) is 0 Å². The number of carbonyl (C=O) groups is 1. The number of nitrogens with zero attached hydrogens (tertiary/aromatic N) is 4. The van der Waals surface area contributed by atoms with E-state index in [9.17, 15) is 25.0 Å². The van der Waals surface area contributed by atoms with Gasteiger partial charge in [0.25, 0.3) is 11.6 Å². The van der Waals surface area contributed by atoms with Crippen LogP contribution in [-0.4, -0.2) is 32.3 Å². The van der Waals surface area contributed by atoms with Gasteiger partial charge in [-0.15, -0.1) is 0 Å². The molecule has 0 spiro atoms. The number of non-ortho nitro benzene ring substituents is 1. The van der Waals surface area contributed by atoms with E-state index in [0.717, 1.165) is 6.33 Å². The third-order valence-corrected chi connectivity index (χ3v) is 4.51. The molecule has 3 aromatic rings. The second-order valence-corrected chi connectivity index (χ2v) is 7.11. The van der Waals surface area contributed by atoms with Crippen LogP contribution in [-0.2, 0) is 4.79 Å². The van der Waals surface area contributed by atoms with Crippen LogP contribution in [0.15, 0.2) is 48.8 Å². The smallest absolute Gasteiger partial charge is 0.356 e. The Hall–Kier alpha value is -4.43. The highest BCUT2D eigenvalue weighted by molar-refractivity contribution is 6.35. The first-order chi connectivity index (χ1) is 16.2. The molecule has 1 aromatic heterocycles. The van der Waals surface area contributed by atoms with Gasteiger partial charge in [-0.3, -0.25) is 46.7 Å². The lowest BCUT2D eigenvalue weighted by molar-refractivity contribution is -0.384. The molecule has 1 amide bonds. The number of ether oxygens (including phenoxy) is 1. The number of nitro groups is 2. The Bertz CT molecular complexity index is 1230. The average Bonchev–Trinajstić information content (AvgIpc) is 2.80. The van der Waals surface area contributed by atoms with Crippen LogP contribution in [0.3, 0.4) is 0 Å². The Morgan fingerprint density at radius 3 is 2.24 bits per heavy atom. The van der Waals surface area contributed by atoms with Crippen LogP contribution in [0, 0.1) is 20.2 Å². The van der Waals surface area contributed by atoms with Gasteiger partial charge in [0.2, 0.25) is 11.6 Å². The van der Waals surface area contributed by atoms with E-state index in [4.69, 9.17) is 27.9 Å². The molecule has 0 unspecified atom stereocenters. The zero-order valence-corrected chi connectivity index (χ0v) is 18.3. The van der Waals surface area contributed by atoms with Crippen molar-refractivity contribution < 1.29 is 19.4 Å². The molecule has 176 valence electrons. The van der Waals surface area contributed by atoms with Crippen LogP contribution in [0.5, 0.6) is 5.75 Å². The number of aromatic nitrogens is 2. The van der Waals surface area contributed by atoms with Crippen molar-refractivity contribution >= 4 is 57.8 Å². The van der Waals surface area contributed by atoms with Crippen LogP contribution >= 0.6 is 23.2 Å². The zero-order valence-electron chi connectivity index (χ0n) is 16.8. The van der Waals surface area contributed by atoms with Gasteiger partial charge < -0.3 is 4.74 Å². The Labute approximate surface area is 200 Å². The molecule has 0 aliphatic heterocycles. The van der Waals surface area contributed by atoms with Gasteiger partial charge in [-0.2, -0.15) is 0 Å². The number of hydrogen-bond acceptors (Lipinski definition) is 11. The van der Waals surface area contributed by atoms with Gasteiger partial charge in [0.05, 0.1) is 20.6 Å². The number of hydrazine groups is 2. The first-order valence-electron chi connectivity index (χ1n) is 9.13. The van der Waals surface area contributed by atoms with Gasteiger partial charge in [-0.25, -0.2) is 9.97 Å². The maximum Gasteiger partial charge on any atom is 0.356 e. The molecule has 1 heterocycles. The van der Waals surface area contributed by atoms with E-state index in [1.807, 2.05) is 0 Å². The summed E-state index contributed by atoms with van der Waals surface area (Å²) >= 11 is 11.8. The van der Waals surface area contributed by atoms with Crippen molar-refractivity contribution in [3.05, 3.63) is 79.1 Å². The number of anilines is 3. The first-order valence-corrected chi connectivity index (χ1v) is 9.88. The standard InChI is InChI=1S/C18H14Cl2N8O6/c19-10-1-6-14(13(20)7-10)34-8-15(29)24-26-18-16(28(32)33)17(21-9-22-18)25-23-11-2-4-12(5-3-11)27(30)31/h1-7,9,23H,8H2,(H,24,29)(H2,21,22,25,26). The number of amides is 1. The van der Waals surface area contributed by atoms with Crippen molar-refractivity contribution in [3.63, 3.8) is 0 Å². The minimum absolute atomic E-state index is 0.122. The molecule has 4 N–H and O–H groups in total. The topological polar surface area (TPSA) is 186 Å². The number of halogens is 2. The zero-order chi connectivity index (χ0) is 24.7. The second kappa shape index (κ2) is 10.9. The first kappa shape index (κ1) is 24.2. The summed E-state index contributed by atoms with van der Waals surface area (Å²) in [5, 5.41) is 22.9. The molecule has 0 aliphatic rings. The molecule has 0 bridgehead atoms. The third kappa shape index (κ3) is 6.30. The van der Waals surface area contributed by atoms with Crippen LogP contribution in [0.2, 0.25) is 10.0 Å². The van der Waals surface area contributed by atoms with E-state index in [-0.39, 0.29) is 28.1 Å². The molecule has 0 radical (unpaired) electrons. The van der Waals surface area contributed by atoms with Crippen LogP contribution < -0.4 is 26.4 Å². The average molecular weight is 509 g/mol. The Balaban J connectivity index is 1.63. The molecular weight excluding hydrogens is 495 g/mol. The van der Waals surface area contributed by atoms with E-state index in [2.05, 4.69) is 31.7 Å². The summed E-state index contributed by atoms with van der Waals surface area (Å²) in [6.45, 7) is -0.458. The normalized spacial score (nSPS) is 10.2. The fourth-order valence-electron chi connectivity index (χ4n) is 2.43. The van der Waals surface area contributed by atoms with Gasteiger partial charge in [-0.1, -0.05) is 23.2 Å². The fourth-order valence-corrected chi connectivity index (χ4v) is 2.90. The summed E-state index contributed by atoms with van der Waals surface area (Å²) in [5.74, 6) is -1.01. The van der Waals surface area contributed by atoms with Crippen molar-refractivity contribution in [1.82, 2.24) is 15.4 Å². The Kier molecular flexibility index (Phi) is 7.79. The molecule has 16 heteroatoms. The number of carbonyl (C=O) groups excluding carboxylic acids is 1. The third-order valence-electron chi connectivity index (χ3n) is 3.98. The molecule has 0 saturated carbocycles. The molecule has 3 rings (SSSR count). The van der Waals surface area contributed by atoms with Crippen LogP contribution in [0.25, 0.3) is 0 Å². The van der Waals surface area contributed by atoms with Crippen LogP contribution in [0.4, 0.5) is 28.7 Å². The van der Waals surface area contributed by atoms with Gasteiger partial charge >= 0.3 is 5.69 Å². The second-order valence-electron chi connectivity index (χ2n) is 6.27. The van der Waals surface area contributed by atoms with Gasteiger partial charge in [0, 0.05) is 17.2 Å². The highest BCUT2D eigenvalue weighted by atomic mass is 35.5. The molecule has 34 heavy (non-hydrogen) atoms. The monoisotopic (exact) mass is 508 g/mol. The van der Waals surface area contributed by atoms with E-state index < -0.39 is 28.0 Å². The lowest BCUT2D eigenvalue weighted by Gasteiger charge is -2.12. The highest BCUT2D eigenvalue weighted by Crippen LogP contribution is 2.29. The quantitative estimate of drug-likeness (QED) is 0.231. The Morgan fingerprint density at radius 2 is 1.62 bits per heavy atom. The minimum atomic E-state index is -0.766. The maximum absolute atomic E-state index is 12.1. The fraction of sp³-hybridized carbons (Fsp3) is 0.0556. The van der Waals surface area contributed by atoms with E-state index in [0.29, 0.717) is 10.7 Å². The number of nitrogens with one attached hydrogen (secondary N) is 4. The molecule has 14 nitrogen and oxygen atoms in total. The molecular formula is C18H14Cl2N8O6. The predicted octanol–water partition coefficient (Wildman–Crippen LogP) is 3.56. The summed E-state index contributed by atoms with van der Waals surface area (Å²) in [4.78, 5) is 40.6. The minimum Gasteiger partial charge on any atom is -0.482 e. The van der Waals surface area contributed by atoms with Crippen molar-refractivity contribution in [3.8, 4) is 5.75 Å². The lowest BCUT2D eigenvalue weighted by atomic mass is 10.3. The predicted molar refractivity (Wildman–Crippen MR) is 123 cm³/mol. The lowest BCUT2D eigenvalue weighted by Crippen LogP contribution is -2.34.